The lowest BCUT2D eigenvalue weighted by molar-refractivity contribution is -0.132. The SMILES string of the molecule is COc1c(Cl)cc(/C(O)=C2\C(=O)C(=O)N(c3cc(C)ccc3C)C2c2cccnc2)c(OC)c1Cl. The number of anilines is 1. The van der Waals surface area contributed by atoms with Crippen molar-refractivity contribution in [1.29, 1.82) is 0 Å². The monoisotopic (exact) mass is 512 g/mol. The maximum absolute atomic E-state index is 13.4. The van der Waals surface area contributed by atoms with Crippen molar-refractivity contribution in [3.63, 3.8) is 0 Å². The molecule has 1 aliphatic rings. The molecule has 0 saturated carbocycles. The Kier molecular flexibility index (Phi) is 6.74. The Morgan fingerprint density at radius 3 is 2.40 bits per heavy atom. The van der Waals surface area contributed by atoms with Gasteiger partial charge in [0.05, 0.1) is 36.4 Å². The topological polar surface area (TPSA) is 89.0 Å². The molecule has 1 aliphatic heterocycles. The van der Waals surface area contributed by atoms with Crippen molar-refractivity contribution in [1.82, 2.24) is 4.98 Å². The molecule has 1 fully saturated rings. The molecule has 0 bridgehead atoms. The van der Waals surface area contributed by atoms with E-state index in [1.54, 1.807) is 24.5 Å². The molecule has 35 heavy (non-hydrogen) atoms. The zero-order valence-electron chi connectivity index (χ0n) is 19.4. The number of nitrogens with zero attached hydrogens (tertiary/aromatic N) is 2. The highest BCUT2D eigenvalue weighted by molar-refractivity contribution is 6.52. The summed E-state index contributed by atoms with van der Waals surface area (Å²) in [5, 5.41) is 11.6. The van der Waals surface area contributed by atoms with Crippen molar-refractivity contribution < 1.29 is 24.2 Å². The molecule has 0 radical (unpaired) electrons. The van der Waals surface area contributed by atoms with Gasteiger partial charge in [-0.1, -0.05) is 41.4 Å². The number of halogens is 2. The van der Waals surface area contributed by atoms with Crippen LogP contribution in [0.2, 0.25) is 10.0 Å². The normalized spacial score (nSPS) is 17.1. The summed E-state index contributed by atoms with van der Waals surface area (Å²) in [6, 6.07) is 9.48. The summed E-state index contributed by atoms with van der Waals surface area (Å²) in [5.41, 5.74) is 2.71. The third-order valence-electron chi connectivity index (χ3n) is 5.86. The van der Waals surface area contributed by atoms with E-state index in [1.165, 1.54) is 25.2 Å². The number of ether oxygens (including phenoxy) is 2. The van der Waals surface area contributed by atoms with Crippen molar-refractivity contribution >= 4 is 46.3 Å². The molecule has 7 nitrogen and oxygen atoms in total. The number of amides is 1. The zero-order chi connectivity index (χ0) is 25.4. The molecule has 2 aromatic carbocycles. The highest BCUT2D eigenvalue weighted by Gasteiger charge is 2.48. The van der Waals surface area contributed by atoms with E-state index in [2.05, 4.69) is 4.98 Å². The number of carbonyl (C=O) groups is 2. The van der Waals surface area contributed by atoms with E-state index in [0.717, 1.165) is 11.1 Å². The first-order chi connectivity index (χ1) is 16.7. The third-order valence-corrected chi connectivity index (χ3v) is 6.49. The molecule has 180 valence electrons. The Balaban J connectivity index is 2.04. The lowest BCUT2D eigenvalue weighted by atomic mass is 9.95. The highest BCUT2D eigenvalue weighted by atomic mass is 35.5. The summed E-state index contributed by atoms with van der Waals surface area (Å²) < 4.78 is 10.6. The Morgan fingerprint density at radius 1 is 1.06 bits per heavy atom. The van der Waals surface area contributed by atoms with Gasteiger partial charge in [0.2, 0.25) is 0 Å². The summed E-state index contributed by atoms with van der Waals surface area (Å²) in [6.07, 6.45) is 3.13. The van der Waals surface area contributed by atoms with Gasteiger partial charge in [-0.3, -0.25) is 19.5 Å². The number of aryl methyl sites for hydroxylation is 2. The molecule has 4 rings (SSSR count). The maximum atomic E-state index is 13.4. The molecule has 0 aliphatic carbocycles. The molecule has 1 saturated heterocycles. The molecular weight excluding hydrogens is 491 g/mol. The average Bonchev–Trinajstić information content (AvgIpc) is 3.11. The van der Waals surface area contributed by atoms with Crippen LogP contribution < -0.4 is 14.4 Å². The number of hydrogen-bond donors (Lipinski definition) is 1. The minimum atomic E-state index is -0.950. The van der Waals surface area contributed by atoms with Crippen LogP contribution in [0.3, 0.4) is 0 Å². The molecule has 1 N–H and O–H groups in total. The van der Waals surface area contributed by atoms with E-state index >= 15 is 0 Å². The van der Waals surface area contributed by atoms with Gasteiger partial charge in [-0.25, -0.2) is 0 Å². The van der Waals surface area contributed by atoms with Gasteiger partial charge in [-0.2, -0.15) is 0 Å². The standard InChI is InChI=1S/C26H22Cl2N2O5/c1-13-7-8-14(2)18(10-13)30-21(15-6-5-9-29-12-15)19(23(32)26(30)33)22(31)16-11-17(27)25(35-4)20(28)24(16)34-3/h5-12,21,31H,1-4H3/b22-19+. The van der Waals surface area contributed by atoms with Gasteiger partial charge in [0.15, 0.2) is 11.5 Å². The molecule has 1 aromatic heterocycles. The summed E-state index contributed by atoms with van der Waals surface area (Å²) in [7, 11) is 2.75. The van der Waals surface area contributed by atoms with Crippen molar-refractivity contribution in [3.05, 3.63) is 86.7 Å². The van der Waals surface area contributed by atoms with Gasteiger partial charge in [0.1, 0.15) is 10.8 Å². The molecule has 1 amide bonds. The largest absolute Gasteiger partial charge is 0.507 e. The number of rotatable bonds is 5. The first-order valence-corrected chi connectivity index (χ1v) is 11.3. The van der Waals surface area contributed by atoms with E-state index in [4.69, 9.17) is 32.7 Å². The van der Waals surface area contributed by atoms with Crippen molar-refractivity contribution in [2.24, 2.45) is 0 Å². The van der Waals surface area contributed by atoms with Crippen LogP contribution in [0.1, 0.15) is 28.3 Å². The van der Waals surface area contributed by atoms with Gasteiger partial charge in [-0.15, -0.1) is 0 Å². The summed E-state index contributed by atoms with van der Waals surface area (Å²) >= 11 is 12.7. The number of aliphatic hydroxyl groups is 1. The Bertz CT molecular complexity index is 1370. The number of benzene rings is 2. The van der Waals surface area contributed by atoms with Crippen molar-refractivity contribution in [2.75, 3.05) is 19.1 Å². The molecule has 3 aromatic rings. The first kappa shape index (κ1) is 24.6. The molecule has 1 unspecified atom stereocenters. The smallest absolute Gasteiger partial charge is 0.300 e. The molecule has 1 atom stereocenters. The van der Waals surface area contributed by atoms with Crippen LogP contribution in [-0.2, 0) is 9.59 Å². The summed E-state index contributed by atoms with van der Waals surface area (Å²) in [4.78, 5) is 32.4. The highest BCUT2D eigenvalue weighted by Crippen LogP contribution is 2.48. The number of aromatic nitrogens is 1. The molecule has 9 heteroatoms. The fourth-order valence-electron chi connectivity index (χ4n) is 4.20. The Morgan fingerprint density at radius 2 is 1.77 bits per heavy atom. The second-order valence-electron chi connectivity index (χ2n) is 8.03. The van der Waals surface area contributed by atoms with Crippen LogP contribution in [0, 0.1) is 13.8 Å². The van der Waals surface area contributed by atoms with Crippen LogP contribution in [0.5, 0.6) is 11.5 Å². The second-order valence-corrected chi connectivity index (χ2v) is 8.82. The van der Waals surface area contributed by atoms with Gasteiger partial charge >= 0.3 is 0 Å². The summed E-state index contributed by atoms with van der Waals surface area (Å²) in [6.45, 7) is 3.74. The lowest BCUT2D eigenvalue weighted by Crippen LogP contribution is -2.30. The average molecular weight is 513 g/mol. The van der Waals surface area contributed by atoms with Crippen LogP contribution in [0.4, 0.5) is 5.69 Å². The van der Waals surface area contributed by atoms with Crippen LogP contribution >= 0.6 is 23.2 Å². The molecular formula is C26H22Cl2N2O5. The Labute approximate surface area is 212 Å². The van der Waals surface area contributed by atoms with Gasteiger partial charge in [0.25, 0.3) is 11.7 Å². The van der Waals surface area contributed by atoms with E-state index in [0.29, 0.717) is 11.3 Å². The predicted octanol–water partition coefficient (Wildman–Crippen LogP) is 5.65. The minimum absolute atomic E-state index is 0.0192. The minimum Gasteiger partial charge on any atom is -0.507 e. The van der Waals surface area contributed by atoms with E-state index in [-0.39, 0.29) is 32.7 Å². The van der Waals surface area contributed by atoms with E-state index in [9.17, 15) is 14.7 Å². The fourth-order valence-corrected chi connectivity index (χ4v) is 4.89. The third kappa shape index (κ3) is 4.11. The predicted molar refractivity (Wildman–Crippen MR) is 135 cm³/mol. The van der Waals surface area contributed by atoms with Gasteiger partial charge in [0, 0.05) is 18.1 Å². The van der Waals surface area contributed by atoms with Crippen molar-refractivity contribution in [2.45, 2.75) is 19.9 Å². The van der Waals surface area contributed by atoms with Crippen LogP contribution in [0.25, 0.3) is 5.76 Å². The van der Waals surface area contributed by atoms with Gasteiger partial charge < -0.3 is 14.6 Å². The number of Topliss-reactive ketones (excluding diaryl/α,β-unsaturated/α-hetero) is 1. The first-order valence-electron chi connectivity index (χ1n) is 10.6. The number of ketones is 1. The van der Waals surface area contributed by atoms with E-state index < -0.39 is 23.5 Å². The van der Waals surface area contributed by atoms with Gasteiger partial charge in [-0.05, 0) is 48.7 Å². The van der Waals surface area contributed by atoms with Crippen LogP contribution in [-0.4, -0.2) is 36.0 Å². The number of methoxy groups -OCH3 is 2. The number of hydrogen-bond acceptors (Lipinski definition) is 6. The molecule has 0 spiro atoms. The fraction of sp³-hybridized carbons (Fsp3) is 0.192. The van der Waals surface area contributed by atoms with E-state index in [1.807, 2.05) is 32.0 Å². The van der Waals surface area contributed by atoms with Crippen molar-refractivity contribution in [3.8, 4) is 11.5 Å². The summed E-state index contributed by atoms with van der Waals surface area (Å²) in [5.74, 6) is -1.91. The second kappa shape index (κ2) is 9.60. The van der Waals surface area contributed by atoms with Crippen LogP contribution in [0.15, 0.2) is 54.4 Å². The number of pyridine rings is 1. The Hall–Kier alpha value is -3.55. The number of carbonyl (C=O) groups excluding carboxylic acids is 2. The maximum Gasteiger partial charge on any atom is 0.300 e. The molecule has 2 heterocycles. The lowest BCUT2D eigenvalue weighted by Gasteiger charge is -2.27. The zero-order valence-corrected chi connectivity index (χ0v) is 20.9. The quantitative estimate of drug-likeness (QED) is 0.270. The number of aliphatic hydroxyl groups excluding tert-OH is 1.